The number of fused-ring (bicyclic) bond motifs is 1. The van der Waals surface area contributed by atoms with E-state index in [0.29, 0.717) is 23.0 Å². The summed E-state index contributed by atoms with van der Waals surface area (Å²) in [5, 5.41) is 3.41. The molecule has 1 saturated carbocycles. The molecule has 4 nitrogen and oxygen atoms in total. The zero-order chi connectivity index (χ0) is 21.1. The van der Waals surface area contributed by atoms with Crippen molar-refractivity contribution >= 4 is 29.1 Å². The molecular formula is C24H26ClFN2O2. The summed E-state index contributed by atoms with van der Waals surface area (Å²) in [7, 11) is 0. The molecule has 2 aromatic rings. The van der Waals surface area contributed by atoms with Crippen molar-refractivity contribution in [2.45, 2.75) is 51.0 Å². The van der Waals surface area contributed by atoms with Crippen molar-refractivity contribution in [1.29, 1.82) is 0 Å². The number of carbonyl (C=O) groups is 2. The minimum absolute atomic E-state index is 0.0438. The first-order valence-electron chi connectivity index (χ1n) is 10.7. The van der Waals surface area contributed by atoms with Gasteiger partial charge in [0.2, 0.25) is 11.8 Å². The highest BCUT2D eigenvalue weighted by Crippen LogP contribution is 2.38. The molecule has 0 radical (unpaired) electrons. The first-order valence-corrected chi connectivity index (χ1v) is 11.0. The average molecular weight is 429 g/mol. The van der Waals surface area contributed by atoms with Crippen molar-refractivity contribution in [2.24, 2.45) is 5.92 Å². The summed E-state index contributed by atoms with van der Waals surface area (Å²) >= 11 is 6.26. The number of hydrogen-bond acceptors (Lipinski definition) is 2. The van der Waals surface area contributed by atoms with Gasteiger partial charge in [-0.15, -0.1) is 0 Å². The molecule has 1 atom stereocenters. The molecule has 0 bridgehead atoms. The van der Waals surface area contributed by atoms with E-state index in [0.717, 1.165) is 17.5 Å². The fourth-order valence-electron chi connectivity index (χ4n) is 4.66. The smallest absolute Gasteiger partial charge is 0.244 e. The Bertz CT molecular complexity index is 925. The molecule has 0 spiro atoms. The van der Waals surface area contributed by atoms with Crippen LogP contribution in [0.1, 0.15) is 62.1 Å². The summed E-state index contributed by atoms with van der Waals surface area (Å²) in [4.78, 5) is 27.5. The number of anilines is 1. The SMILES string of the molecule is O=C1CN(C(=O)CCC2CCCCC2)[C@@H](c2ccc(F)cc2)c2cc(Cl)ccc2N1. The Morgan fingerprint density at radius 3 is 2.57 bits per heavy atom. The summed E-state index contributed by atoms with van der Waals surface area (Å²) in [6, 6.07) is 10.8. The Balaban J connectivity index is 1.67. The second-order valence-corrected chi connectivity index (χ2v) is 8.73. The number of carbonyl (C=O) groups excluding carboxylic acids is 2. The van der Waals surface area contributed by atoms with Crippen molar-refractivity contribution in [1.82, 2.24) is 4.90 Å². The van der Waals surface area contributed by atoms with Crippen molar-refractivity contribution in [3.63, 3.8) is 0 Å². The molecule has 6 heteroatoms. The lowest BCUT2D eigenvalue weighted by atomic mass is 9.86. The van der Waals surface area contributed by atoms with Gasteiger partial charge in [0.1, 0.15) is 12.4 Å². The fourth-order valence-corrected chi connectivity index (χ4v) is 4.84. The summed E-state index contributed by atoms with van der Waals surface area (Å²) in [6.45, 7) is -0.0438. The van der Waals surface area contributed by atoms with Crippen LogP contribution in [0.2, 0.25) is 5.02 Å². The standard InChI is InChI=1S/C24H26ClFN2O2/c25-18-9-12-21-20(14-18)24(17-7-10-19(26)11-8-17)28(15-22(29)27-21)23(30)13-6-16-4-2-1-3-5-16/h7-12,14,16,24H,1-6,13,15H2,(H,27,29)/t24-/m0/s1. The maximum atomic E-state index is 13.6. The minimum Gasteiger partial charge on any atom is -0.324 e. The normalized spacial score (nSPS) is 19.7. The average Bonchev–Trinajstić information content (AvgIpc) is 2.89. The number of nitrogens with one attached hydrogen (secondary N) is 1. The van der Waals surface area contributed by atoms with E-state index in [1.165, 1.54) is 44.2 Å². The van der Waals surface area contributed by atoms with Crippen molar-refractivity contribution in [3.05, 3.63) is 64.4 Å². The molecule has 1 fully saturated rings. The third kappa shape index (κ3) is 4.67. The van der Waals surface area contributed by atoms with Crippen LogP contribution < -0.4 is 5.32 Å². The molecule has 1 N–H and O–H groups in total. The highest BCUT2D eigenvalue weighted by Gasteiger charge is 2.33. The van der Waals surface area contributed by atoms with E-state index in [2.05, 4.69) is 5.32 Å². The van der Waals surface area contributed by atoms with Crippen LogP contribution in [0.3, 0.4) is 0 Å². The Kier molecular flexibility index (Phi) is 6.38. The predicted octanol–water partition coefficient (Wildman–Crippen LogP) is 5.71. The lowest BCUT2D eigenvalue weighted by molar-refractivity contribution is -0.136. The van der Waals surface area contributed by atoms with E-state index < -0.39 is 6.04 Å². The van der Waals surface area contributed by atoms with Crippen molar-refractivity contribution in [3.8, 4) is 0 Å². The van der Waals surface area contributed by atoms with Crippen LogP contribution in [-0.4, -0.2) is 23.3 Å². The van der Waals surface area contributed by atoms with E-state index >= 15 is 0 Å². The summed E-state index contributed by atoms with van der Waals surface area (Å²) in [6.07, 6.45) is 7.34. The quantitative estimate of drug-likeness (QED) is 0.678. The van der Waals surface area contributed by atoms with Crippen molar-refractivity contribution < 1.29 is 14.0 Å². The van der Waals surface area contributed by atoms with Gasteiger partial charge < -0.3 is 10.2 Å². The molecule has 0 aromatic heterocycles. The molecule has 2 aliphatic rings. The van der Waals surface area contributed by atoms with Crippen LogP contribution in [-0.2, 0) is 9.59 Å². The van der Waals surface area contributed by atoms with Gasteiger partial charge in [-0.2, -0.15) is 0 Å². The molecule has 0 saturated heterocycles. The second kappa shape index (κ2) is 9.17. The first kappa shape index (κ1) is 20.9. The van der Waals surface area contributed by atoms with Crippen LogP contribution >= 0.6 is 11.6 Å². The third-order valence-corrected chi connectivity index (χ3v) is 6.44. The van der Waals surface area contributed by atoms with Gasteiger partial charge in [0.05, 0.1) is 6.04 Å². The molecule has 1 aliphatic carbocycles. The van der Waals surface area contributed by atoms with Gasteiger partial charge in [-0.05, 0) is 48.2 Å². The van der Waals surface area contributed by atoms with Crippen LogP contribution in [0.15, 0.2) is 42.5 Å². The number of nitrogens with zero attached hydrogens (tertiary/aromatic N) is 1. The van der Waals surface area contributed by atoms with Gasteiger partial charge in [0, 0.05) is 22.7 Å². The number of hydrogen-bond donors (Lipinski definition) is 1. The van der Waals surface area contributed by atoms with Gasteiger partial charge in [-0.3, -0.25) is 9.59 Å². The Morgan fingerprint density at radius 1 is 1.10 bits per heavy atom. The van der Waals surface area contributed by atoms with Gasteiger partial charge >= 0.3 is 0 Å². The Morgan fingerprint density at radius 2 is 1.83 bits per heavy atom. The summed E-state index contributed by atoms with van der Waals surface area (Å²) in [5.41, 5.74) is 2.12. The van der Waals surface area contributed by atoms with Gasteiger partial charge in [0.25, 0.3) is 0 Å². The van der Waals surface area contributed by atoms with Crippen LogP contribution in [0.25, 0.3) is 0 Å². The Hall–Kier alpha value is -2.40. The number of halogens is 2. The van der Waals surface area contributed by atoms with E-state index in [1.54, 1.807) is 35.2 Å². The summed E-state index contributed by atoms with van der Waals surface area (Å²) in [5.74, 6) is -0.0651. The molecule has 30 heavy (non-hydrogen) atoms. The molecule has 1 heterocycles. The molecular weight excluding hydrogens is 403 g/mol. The van der Waals surface area contributed by atoms with Crippen LogP contribution in [0.4, 0.5) is 10.1 Å². The molecule has 2 aromatic carbocycles. The summed E-state index contributed by atoms with van der Waals surface area (Å²) < 4.78 is 13.6. The van der Waals surface area contributed by atoms with Crippen LogP contribution in [0, 0.1) is 11.7 Å². The maximum Gasteiger partial charge on any atom is 0.244 e. The topological polar surface area (TPSA) is 49.4 Å². The zero-order valence-electron chi connectivity index (χ0n) is 16.9. The van der Waals surface area contributed by atoms with E-state index in [-0.39, 0.29) is 24.2 Å². The lowest BCUT2D eigenvalue weighted by Crippen LogP contribution is -2.39. The maximum absolute atomic E-state index is 13.6. The Labute approximate surface area is 181 Å². The highest BCUT2D eigenvalue weighted by atomic mass is 35.5. The molecule has 0 unspecified atom stereocenters. The monoisotopic (exact) mass is 428 g/mol. The van der Waals surface area contributed by atoms with Gasteiger partial charge in [0.15, 0.2) is 0 Å². The second-order valence-electron chi connectivity index (χ2n) is 8.30. The number of benzene rings is 2. The molecule has 2 amide bonds. The lowest BCUT2D eigenvalue weighted by Gasteiger charge is -2.31. The fraction of sp³-hybridized carbons (Fsp3) is 0.417. The van der Waals surface area contributed by atoms with Gasteiger partial charge in [-0.25, -0.2) is 4.39 Å². The highest BCUT2D eigenvalue weighted by molar-refractivity contribution is 6.30. The van der Waals surface area contributed by atoms with E-state index in [4.69, 9.17) is 11.6 Å². The molecule has 158 valence electrons. The predicted molar refractivity (Wildman–Crippen MR) is 116 cm³/mol. The van der Waals surface area contributed by atoms with E-state index in [9.17, 15) is 14.0 Å². The minimum atomic E-state index is -0.503. The number of rotatable bonds is 4. The van der Waals surface area contributed by atoms with Crippen LogP contribution in [0.5, 0.6) is 0 Å². The van der Waals surface area contributed by atoms with E-state index in [1.807, 2.05) is 0 Å². The molecule has 1 aliphatic heterocycles. The van der Waals surface area contributed by atoms with Crippen molar-refractivity contribution in [2.75, 3.05) is 11.9 Å². The zero-order valence-corrected chi connectivity index (χ0v) is 17.6. The first-order chi connectivity index (χ1) is 14.5. The largest absolute Gasteiger partial charge is 0.324 e. The van der Waals surface area contributed by atoms with Gasteiger partial charge in [-0.1, -0.05) is 55.8 Å². The third-order valence-electron chi connectivity index (χ3n) is 6.21. The number of amides is 2. The molecule has 4 rings (SSSR count).